The van der Waals surface area contributed by atoms with Crippen LogP contribution in [0.25, 0.3) is 11.3 Å². The van der Waals surface area contributed by atoms with Gasteiger partial charge in [-0.15, -0.1) is 11.3 Å². The molecule has 1 amide bonds. The van der Waals surface area contributed by atoms with Crippen LogP contribution in [0.4, 0.5) is 4.39 Å². The molecule has 3 rings (SSSR count). The van der Waals surface area contributed by atoms with E-state index in [-0.39, 0.29) is 5.56 Å². The molecule has 1 aromatic heterocycles. The van der Waals surface area contributed by atoms with Crippen LogP contribution < -0.4 is 4.80 Å². The van der Waals surface area contributed by atoms with Gasteiger partial charge in [-0.05, 0) is 30.7 Å². The van der Waals surface area contributed by atoms with Gasteiger partial charge in [0.2, 0.25) is 0 Å². The Hall–Kier alpha value is -2.53. The Morgan fingerprint density at radius 1 is 1.13 bits per heavy atom. The lowest BCUT2D eigenvalue weighted by atomic mass is 10.1. The Morgan fingerprint density at radius 2 is 1.87 bits per heavy atom. The SMILES string of the molecule is Cc1sc(=NC(=O)c2cccc(F)c2)n(C)c1-c1ccccc1. The molecule has 0 aliphatic carbocycles. The third-order valence-corrected chi connectivity index (χ3v) is 4.56. The largest absolute Gasteiger partial charge is 0.319 e. The number of carbonyl (C=O) groups excluding carboxylic acids is 1. The third kappa shape index (κ3) is 3.14. The van der Waals surface area contributed by atoms with Crippen molar-refractivity contribution in [3.05, 3.63) is 75.7 Å². The molecule has 1 heterocycles. The van der Waals surface area contributed by atoms with Crippen molar-refractivity contribution in [2.75, 3.05) is 0 Å². The van der Waals surface area contributed by atoms with E-state index < -0.39 is 11.7 Å². The molecule has 0 unspecified atom stereocenters. The van der Waals surface area contributed by atoms with E-state index in [0.717, 1.165) is 16.1 Å². The Labute approximate surface area is 137 Å². The molecular formula is C18H15FN2OS. The average Bonchev–Trinajstić information content (AvgIpc) is 2.82. The molecule has 3 nitrogen and oxygen atoms in total. The topological polar surface area (TPSA) is 34.4 Å². The van der Waals surface area contributed by atoms with Crippen molar-refractivity contribution in [3.8, 4) is 11.3 Å². The Balaban J connectivity index is 2.06. The summed E-state index contributed by atoms with van der Waals surface area (Å²) in [6, 6.07) is 15.5. The first-order chi connectivity index (χ1) is 11.1. The third-order valence-electron chi connectivity index (χ3n) is 3.52. The monoisotopic (exact) mass is 326 g/mol. The molecule has 23 heavy (non-hydrogen) atoms. The maximum absolute atomic E-state index is 13.2. The Morgan fingerprint density at radius 3 is 2.57 bits per heavy atom. The van der Waals surface area contributed by atoms with Gasteiger partial charge < -0.3 is 4.57 Å². The summed E-state index contributed by atoms with van der Waals surface area (Å²) in [5.41, 5.74) is 2.35. The molecule has 0 radical (unpaired) electrons. The van der Waals surface area contributed by atoms with Crippen LogP contribution in [-0.4, -0.2) is 10.5 Å². The molecule has 0 saturated carbocycles. The van der Waals surface area contributed by atoms with Gasteiger partial charge in [-0.2, -0.15) is 4.99 Å². The van der Waals surface area contributed by atoms with Gasteiger partial charge >= 0.3 is 0 Å². The molecule has 0 N–H and O–H groups in total. The van der Waals surface area contributed by atoms with Crippen molar-refractivity contribution in [2.24, 2.45) is 12.0 Å². The van der Waals surface area contributed by atoms with Crippen molar-refractivity contribution < 1.29 is 9.18 Å². The predicted octanol–water partition coefficient (Wildman–Crippen LogP) is 3.94. The molecule has 0 aliphatic heterocycles. The number of hydrogen-bond acceptors (Lipinski definition) is 2. The zero-order valence-corrected chi connectivity index (χ0v) is 13.6. The predicted molar refractivity (Wildman–Crippen MR) is 89.8 cm³/mol. The summed E-state index contributed by atoms with van der Waals surface area (Å²) in [6.45, 7) is 2.00. The number of carbonyl (C=O) groups is 1. The number of halogens is 1. The van der Waals surface area contributed by atoms with Crippen molar-refractivity contribution >= 4 is 17.2 Å². The second-order valence-corrected chi connectivity index (χ2v) is 6.32. The number of thiazole rings is 1. The van der Waals surface area contributed by atoms with Gasteiger partial charge in [-0.1, -0.05) is 36.4 Å². The average molecular weight is 326 g/mol. The van der Waals surface area contributed by atoms with E-state index in [4.69, 9.17) is 0 Å². The number of hydrogen-bond donors (Lipinski definition) is 0. The molecular weight excluding hydrogens is 311 g/mol. The zero-order chi connectivity index (χ0) is 16.4. The maximum Gasteiger partial charge on any atom is 0.279 e. The van der Waals surface area contributed by atoms with Crippen LogP contribution in [0.1, 0.15) is 15.2 Å². The van der Waals surface area contributed by atoms with Crippen molar-refractivity contribution in [3.63, 3.8) is 0 Å². The van der Waals surface area contributed by atoms with Gasteiger partial charge in [-0.25, -0.2) is 4.39 Å². The fourth-order valence-corrected chi connectivity index (χ4v) is 3.43. The molecule has 5 heteroatoms. The van der Waals surface area contributed by atoms with Crippen molar-refractivity contribution in [1.29, 1.82) is 0 Å². The highest BCUT2D eigenvalue weighted by atomic mass is 32.1. The molecule has 0 spiro atoms. The van der Waals surface area contributed by atoms with E-state index in [1.807, 2.05) is 48.9 Å². The van der Waals surface area contributed by atoms with Crippen molar-refractivity contribution in [2.45, 2.75) is 6.92 Å². The number of benzene rings is 2. The lowest BCUT2D eigenvalue weighted by molar-refractivity contribution is 0.0997. The van der Waals surface area contributed by atoms with Gasteiger partial charge in [0.05, 0.1) is 5.69 Å². The minimum Gasteiger partial charge on any atom is -0.319 e. The quantitative estimate of drug-likeness (QED) is 0.702. The van der Waals surface area contributed by atoms with Gasteiger partial charge in [0, 0.05) is 17.5 Å². The van der Waals surface area contributed by atoms with Gasteiger partial charge in [0.25, 0.3) is 5.91 Å². The lowest BCUT2D eigenvalue weighted by Crippen LogP contribution is -2.14. The lowest BCUT2D eigenvalue weighted by Gasteiger charge is -2.04. The van der Waals surface area contributed by atoms with Crippen LogP contribution in [0.5, 0.6) is 0 Å². The van der Waals surface area contributed by atoms with Crippen LogP contribution in [-0.2, 0) is 7.05 Å². The van der Waals surface area contributed by atoms with E-state index in [1.165, 1.54) is 29.5 Å². The van der Waals surface area contributed by atoms with E-state index >= 15 is 0 Å². The summed E-state index contributed by atoms with van der Waals surface area (Å²) < 4.78 is 15.1. The molecule has 2 aromatic carbocycles. The minimum absolute atomic E-state index is 0.248. The maximum atomic E-state index is 13.2. The van der Waals surface area contributed by atoms with Crippen LogP contribution in [0.3, 0.4) is 0 Å². The minimum atomic E-state index is -0.444. The molecule has 3 aromatic rings. The summed E-state index contributed by atoms with van der Waals surface area (Å²) in [7, 11) is 1.88. The first kappa shape index (κ1) is 15.4. The number of nitrogens with zero attached hydrogens (tertiary/aromatic N) is 2. The Bertz CT molecular complexity index is 926. The second-order valence-electron chi connectivity index (χ2n) is 5.14. The van der Waals surface area contributed by atoms with Gasteiger partial charge in [0.15, 0.2) is 4.80 Å². The van der Waals surface area contributed by atoms with E-state index in [2.05, 4.69) is 4.99 Å². The normalized spacial score (nSPS) is 11.7. The molecule has 0 fully saturated rings. The van der Waals surface area contributed by atoms with Gasteiger partial charge in [-0.3, -0.25) is 4.79 Å². The number of aromatic nitrogens is 1. The highest BCUT2D eigenvalue weighted by Gasteiger charge is 2.11. The van der Waals surface area contributed by atoms with Crippen LogP contribution in [0.15, 0.2) is 59.6 Å². The first-order valence-corrected chi connectivity index (χ1v) is 7.94. The number of rotatable bonds is 2. The standard InChI is InChI=1S/C18H15FN2OS/c1-12-16(13-7-4-3-5-8-13)21(2)18(23-12)20-17(22)14-9-6-10-15(19)11-14/h3-11H,1-2H3. The highest BCUT2D eigenvalue weighted by Crippen LogP contribution is 2.24. The first-order valence-electron chi connectivity index (χ1n) is 7.13. The fraction of sp³-hybridized carbons (Fsp3) is 0.111. The molecule has 0 atom stereocenters. The molecule has 116 valence electrons. The smallest absolute Gasteiger partial charge is 0.279 e. The molecule has 0 bridgehead atoms. The van der Waals surface area contributed by atoms with Crippen molar-refractivity contribution in [1.82, 2.24) is 4.57 Å². The van der Waals surface area contributed by atoms with Crippen LogP contribution in [0, 0.1) is 12.7 Å². The second kappa shape index (κ2) is 6.30. The fourth-order valence-electron chi connectivity index (χ4n) is 2.45. The Kier molecular flexibility index (Phi) is 4.21. The number of amides is 1. The molecule has 0 saturated heterocycles. The number of aryl methyl sites for hydroxylation is 1. The van der Waals surface area contributed by atoms with E-state index in [1.54, 1.807) is 6.07 Å². The zero-order valence-electron chi connectivity index (χ0n) is 12.8. The van der Waals surface area contributed by atoms with Gasteiger partial charge in [0.1, 0.15) is 5.82 Å². The summed E-state index contributed by atoms with van der Waals surface area (Å²) in [4.78, 5) is 18.1. The van der Waals surface area contributed by atoms with Crippen LogP contribution in [0.2, 0.25) is 0 Å². The molecule has 0 aliphatic rings. The van der Waals surface area contributed by atoms with E-state index in [0.29, 0.717) is 4.80 Å². The summed E-state index contributed by atoms with van der Waals surface area (Å²) in [5.74, 6) is -0.885. The van der Waals surface area contributed by atoms with E-state index in [9.17, 15) is 9.18 Å². The summed E-state index contributed by atoms with van der Waals surface area (Å²) in [6.07, 6.45) is 0. The summed E-state index contributed by atoms with van der Waals surface area (Å²) >= 11 is 1.44. The highest BCUT2D eigenvalue weighted by molar-refractivity contribution is 7.09. The van der Waals surface area contributed by atoms with Crippen LogP contribution >= 0.6 is 11.3 Å². The summed E-state index contributed by atoms with van der Waals surface area (Å²) in [5, 5.41) is 0.